The van der Waals surface area contributed by atoms with Crippen molar-refractivity contribution >= 4 is 29.3 Å². The van der Waals surface area contributed by atoms with Crippen LogP contribution >= 0.6 is 11.6 Å². The fourth-order valence-electron chi connectivity index (χ4n) is 1.71. The van der Waals surface area contributed by atoms with E-state index in [9.17, 15) is 9.59 Å². The highest BCUT2D eigenvalue weighted by Gasteiger charge is 2.13. The van der Waals surface area contributed by atoms with Crippen molar-refractivity contribution in [1.29, 1.82) is 0 Å². The van der Waals surface area contributed by atoms with Crippen LogP contribution in [0, 0.1) is 0 Å². The first-order valence-corrected chi connectivity index (χ1v) is 6.41. The molecule has 2 aromatic rings. The van der Waals surface area contributed by atoms with E-state index in [1.54, 1.807) is 19.4 Å². The number of benzene rings is 1. The third-order valence-electron chi connectivity index (χ3n) is 2.80. The molecule has 6 nitrogen and oxygen atoms in total. The lowest BCUT2D eigenvalue weighted by Gasteiger charge is -2.17. The van der Waals surface area contributed by atoms with Crippen molar-refractivity contribution in [2.45, 2.75) is 6.54 Å². The summed E-state index contributed by atoms with van der Waals surface area (Å²) in [6.07, 6.45) is 3.09. The topological polar surface area (TPSA) is 82.8 Å². The van der Waals surface area contributed by atoms with Crippen LogP contribution < -0.4 is 5.32 Å². The van der Waals surface area contributed by atoms with Crippen LogP contribution in [-0.4, -0.2) is 29.1 Å². The SMILES string of the molecule is CN(Cc1ccoc1)C(=O)Nc1ccc(C(=O)O)c(Cl)c1. The van der Waals surface area contributed by atoms with Gasteiger partial charge in [0.1, 0.15) is 0 Å². The minimum absolute atomic E-state index is 0.0126. The number of carbonyl (C=O) groups excluding carboxylic acids is 1. The second kappa shape index (κ2) is 6.32. The Labute approximate surface area is 125 Å². The van der Waals surface area contributed by atoms with E-state index in [2.05, 4.69) is 5.32 Å². The molecule has 110 valence electrons. The number of halogens is 1. The molecule has 1 heterocycles. The molecule has 7 heteroatoms. The molecule has 0 aliphatic carbocycles. The van der Waals surface area contributed by atoms with Crippen LogP contribution in [0.3, 0.4) is 0 Å². The van der Waals surface area contributed by atoms with E-state index in [0.29, 0.717) is 12.2 Å². The van der Waals surface area contributed by atoms with Crippen molar-refractivity contribution in [3.8, 4) is 0 Å². The van der Waals surface area contributed by atoms with Crippen molar-refractivity contribution in [2.24, 2.45) is 0 Å². The zero-order valence-electron chi connectivity index (χ0n) is 11.2. The summed E-state index contributed by atoms with van der Waals surface area (Å²) in [6.45, 7) is 0.392. The van der Waals surface area contributed by atoms with E-state index in [1.807, 2.05) is 0 Å². The molecular formula is C14H13ClN2O4. The predicted molar refractivity (Wildman–Crippen MR) is 77.6 cm³/mol. The maximum absolute atomic E-state index is 12.0. The molecule has 2 N–H and O–H groups in total. The summed E-state index contributed by atoms with van der Waals surface area (Å²) < 4.78 is 4.93. The Hall–Kier alpha value is -2.47. The van der Waals surface area contributed by atoms with Gasteiger partial charge < -0.3 is 19.7 Å². The minimum Gasteiger partial charge on any atom is -0.478 e. The van der Waals surface area contributed by atoms with Crippen molar-refractivity contribution in [2.75, 3.05) is 12.4 Å². The third kappa shape index (κ3) is 3.76. The van der Waals surface area contributed by atoms with Gasteiger partial charge in [-0.3, -0.25) is 0 Å². The Bertz CT molecular complexity index is 655. The number of urea groups is 1. The number of carboxylic acid groups (broad SMARTS) is 1. The summed E-state index contributed by atoms with van der Waals surface area (Å²) >= 11 is 5.84. The number of amides is 2. The van der Waals surface area contributed by atoms with Gasteiger partial charge in [0.2, 0.25) is 0 Å². The van der Waals surface area contributed by atoms with Gasteiger partial charge in [-0.15, -0.1) is 0 Å². The van der Waals surface area contributed by atoms with E-state index in [1.165, 1.54) is 29.4 Å². The molecule has 1 aromatic carbocycles. The Morgan fingerprint density at radius 3 is 2.71 bits per heavy atom. The first-order chi connectivity index (χ1) is 9.97. The highest BCUT2D eigenvalue weighted by Crippen LogP contribution is 2.21. The smallest absolute Gasteiger partial charge is 0.337 e. The Morgan fingerprint density at radius 1 is 1.38 bits per heavy atom. The Morgan fingerprint density at radius 2 is 2.14 bits per heavy atom. The molecule has 0 aliphatic heterocycles. The van der Waals surface area contributed by atoms with Crippen LogP contribution in [0.15, 0.2) is 41.2 Å². The second-order valence-electron chi connectivity index (χ2n) is 4.42. The Kier molecular flexibility index (Phi) is 4.49. The summed E-state index contributed by atoms with van der Waals surface area (Å²) in [6, 6.07) is 5.65. The maximum Gasteiger partial charge on any atom is 0.337 e. The quantitative estimate of drug-likeness (QED) is 0.908. The number of aromatic carboxylic acids is 1. The number of anilines is 1. The molecule has 0 radical (unpaired) electrons. The van der Waals surface area contributed by atoms with Crippen molar-refractivity contribution in [1.82, 2.24) is 4.90 Å². The highest BCUT2D eigenvalue weighted by atomic mass is 35.5. The van der Waals surface area contributed by atoms with Crippen LogP contribution in [0.4, 0.5) is 10.5 Å². The molecule has 0 aliphatic rings. The number of hydrogen-bond donors (Lipinski definition) is 2. The summed E-state index contributed by atoms with van der Waals surface area (Å²) in [4.78, 5) is 24.3. The Balaban J connectivity index is 2.02. The van der Waals surface area contributed by atoms with Gasteiger partial charge in [-0.1, -0.05) is 11.6 Å². The number of furan rings is 1. The number of rotatable bonds is 4. The predicted octanol–water partition coefficient (Wildman–Crippen LogP) is 3.30. The average molecular weight is 309 g/mol. The molecule has 2 amide bonds. The molecule has 0 bridgehead atoms. The molecule has 21 heavy (non-hydrogen) atoms. The standard InChI is InChI=1S/C14H13ClN2O4/c1-17(7-9-4-5-21-8-9)14(20)16-10-2-3-11(13(18)19)12(15)6-10/h2-6,8H,7H2,1H3,(H,16,20)(H,18,19). The van der Waals surface area contributed by atoms with E-state index in [4.69, 9.17) is 21.1 Å². The number of nitrogens with zero attached hydrogens (tertiary/aromatic N) is 1. The lowest BCUT2D eigenvalue weighted by molar-refractivity contribution is 0.0697. The molecule has 0 spiro atoms. The summed E-state index contributed by atoms with van der Waals surface area (Å²) in [5.41, 5.74) is 1.28. The highest BCUT2D eigenvalue weighted by molar-refractivity contribution is 6.33. The zero-order chi connectivity index (χ0) is 15.4. The number of hydrogen-bond acceptors (Lipinski definition) is 3. The summed E-state index contributed by atoms with van der Waals surface area (Å²) in [7, 11) is 1.63. The van der Waals surface area contributed by atoms with Crippen molar-refractivity contribution in [3.63, 3.8) is 0 Å². The zero-order valence-corrected chi connectivity index (χ0v) is 11.9. The minimum atomic E-state index is -1.12. The number of nitrogens with one attached hydrogen (secondary N) is 1. The molecule has 0 saturated heterocycles. The van der Waals surface area contributed by atoms with Gasteiger partial charge in [-0.25, -0.2) is 9.59 Å². The second-order valence-corrected chi connectivity index (χ2v) is 4.82. The largest absolute Gasteiger partial charge is 0.478 e. The molecular weight excluding hydrogens is 296 g/mol. The van der Waals surface area contributed by atoms with Gasteiger partial charge >= 0.3 is 12.0 Å². The lowest BCUT2D eigenvalue weighted by atomic mass is 10.2. The fraction of sp³-hybridized carbons (Fsp3) is 0.143. The molecule has 0 unspecified atom stereocenters. The average Bonchev–Trinajstić information content (AvgIpc) is 2.91. The summed E-state index contributed by atoms with van der Waals surface area (Å²) in [5.74, 6) is -1.12. The van der Waals surface area contributed by atoms with E-state index < -0.39 is 5.97 Å². The van der Waals surface area contributed by atoms with Gasteiger partial charge in [-0.2, -0.15) is 0 Å². The summed E-state index contributed by atoms with van der Waals surface area (Å²) in [5, 5.41) is 11.6. The monoisotopic (exact) mass is 308 g/mol. The molecule has 2 rings (SSSR count). The van der Waals surface area contributed by atoms with Crippen LogP contribution in [0.5, 0.6) is 0 Å². The first-order valence-electron chi connectivity index (χ1n) is 6.03. The number of carboxylic acids is 1. The molecule has 0 fully saturated rings. The van der Waals surface area contributed by atoms with Crippen molar-refractivity contribution in [3.05, 3.63) is 52.9 Å². The van der Waals surface area contributed by atoms with Crippen LogP contribution in [0.25, 0.3) is 0 Å². The van der Waals surface area contributed by atoms with Gasteiger partial charge in [-0.05, 0) is 24.3 Å². The van der Waals surface area contributed by atoms with E-state index in [-0.39, 0.29) is 16.6 Å². The van der Waals surface area contributed by atoms with E-state index >= 15 is 0 Å². The van der Waals surface area contributed by atoms with Gasteiger partial charge in [0.15, 0.2) is 0 Å². The molecule has 0 atom stereocenters. The third-order valence-corrected chi connectivity index (χ3v) is 3.11. The van der Waals surface area contributed by atoms with Gasteiger partial charge in [0, 0.05) is 18.3 Å². The van der Waals surface area contributed by atoms with Crippen molar-refractivity contribution < 1.29 is 19.1 Å². The normalized spacial score (nSPS) is 10.2. The van der Waals surface area contributed by atoms with Gasteiger partial charge in [0.25, 0.3) is 0 Å². The van der Waals surface area contributed by atoms with E-state index in [0.717, 1.165) is 5.56 Å². The lowest BCUT2D eigenvalue weighted by Crippen LogP contribution is -2.30. The van der Waals surface area contributed by atoms with Crippen LogP contribution in [-0.2, 0) is 6.54 Å². The van der Waals surface area contributed by atoms with Gasteiger partial charge in [0.05, 0.1) is 29.7 Å². The molecule has 1 aromatic heterocycles. The number of carbonyl (C=O) groups is 2. The maximum atomic E-state index is 12.0. The fourth-order valence-corrected chi connectivity index (χ4v) is 1.97. The van der Waals surface area contributed by atoms with Crippen LogP contribution in [0.2, 0.25) is 5.02 Å². The molecule has 0 saturated carbocycles. The first kappa shape index (κ1) is 14.9. The van der Waals surface area contributed by atoms with Crippen LogP contribution in [0.1, 0.15) is 15.9 Å².